The molecule has 37 heavy (non-hydrogen) atoms. The highest BCUT2D eigenvalue weighted by molar-refractivity contribution is 5.90. The molecule has 4 aromatic rings. The van der Waals surface area contributed by atoms with Gasteiger partial charge in [0, 0.05) is 0 Å². The summed E-state index contributed by atoms with van der Waals surface area (Å²) in [7, 11) is 0. The first-order valence-electron chi connectivity index (χ1n) is 11.7. The number of imidazole rings is 1. The summed E-state index contributed by atoms with van der Waals surface area (Å²) in [6.45, 7) is -0.457. The fraction of sp³-hybridized carbons (Fsp3) is 0.192. The first-order chi connectivity index (χ1) is 18.4. The van der Waals surface area contributed by atoms with E-state index < -0.39 is 42.6 Å². The van der Waals surface area contributed by atoms with Crippen LogP contribution in [0.1, 0.15) is 28.3 Å². The van der Waals surface area contributed by atoms with Gasteiger partial charge < -0.3 is 25.1 Å². The number of benzene rings is 2. The lowest BCUT2D eigenvalue weighted by atomic mass is 9.92. The van der Waals surface area contributed by atoms with E-state index in [0.717, 1.165) is 0 Å². The Bertz CT molecular complexity index is 1540. The van der Waals surface area contributed by atoms with E-state index >= 15 is 0 Å². The van der Waals surface area contributed by atoms with Gasteiger partial charge in [-0.3, -0.25) is 4.57 Å². The van der Waals surface area contributed by atoms with E-state index in [2.05, 4.69) is 20.9 Å². The summed E-state index contributed by atoms with van der Waals surface area (Å²) in [5.74, 6) is 1.12. The number of aliphatic hydroxyl groups is 1. The lowest BCUT2D eigenvalue weighted by molar-refractivity contribution is -0.0762. The number of nitrogens with two attached hydrogens (primary N) is 1. The van der Waals surface area contributed by atoms with Crippen molar-refractivity contribution in [3.8, 4) is 12.3 Å². The maximum atomic E-state index is 13.1. The van der Waals surface area contributed by atoms with Gasteiger partial charge in [0.2, 0.25) is 5.60 Å². The number of aliphatic hydroxyl groups excluding tert-OH is 1. The molecule has 1 unspecified atom stereocenters. The monoisotopic (exact) mass is 500 g/mol. The fourth-order valence-electron chi connectivity index (χ4n) is 4.08. The van der Waals surface area contributed by atoms with Crippen molar-refractivity contribution >= 4 is 28.9 Å². The number of nitrogens with zero attached hydrogens (tertiary/aromatic N) is 4. The summed E-state index contributed by atoms with van der Waals surface area (Å²) in [5.41, 5.74) is 4.78. The quantitative estimate of drug-likeness (QED) is 0.296. The van der Waals surface area contributed by atoms with E-state index in [0.29, 0.717) is 0 Å². The molecule has 1 fully saturated rings. The van der Waals surface area contributed by atoms with Crippen LogP contribution in [0.5, 0.6) is 0 Å². The van der Waals surface area contributed by atoms with E-state index in [4.69, 9.17) is 21.3 Å². The third-order valence-corrected chi connectivity index (χ3v) is 5.99. The zero-order chi connectivity index (χ0) is 26.7. The Morgan fingerprint density at radius 2 is 1.78 bits per heavy atom. The highest BCUT2D eigenvalue weighted by Crippen LogP contribution is 2.41. The van der Waals surface area contributed by atoms with E-state index in [1.165, 1.54) is 29.4 Å². The Morgan fingerprint density at radius 3 is 2.46 bits per heavy atom. The molecule has 1 aliphatic heterocycles. The number of carbonyl (C=O) groups is 2. The van der Waals surface area contributed by atoms with Crippen LogP contribution in [0.3, 0.4) is 0 Å². The standard InChI is InChI=1S/C26H21N5O6/c1-2-26(37-25(34)17-11-7-4-8-12-17)18(13-35-24(33)16-9-5-3-6-10-16)36-23(20(26)32)31-15-30-19-21(27)28-14-29-22(19)31/h1,3-12,14-15,18,20,23,32H,13H2,(H2,27,28,29)/t18-,20+,23?,26-/m1/s1/i1D. The van der Waals surface area contributed by atoms with Crippen LogP contribution < -0.4 is 5.73 Å². The van der Waals surface area contributed by atoms with Crippen LogP contribution in [-0.4, -0.2) is 61.0 Å². The van der Waals surface area contributed by atoms with Crippen LogP contribution >= 0.6 is 0 Å². The molecule has 2 aromatic carbocycles. The van der Waals surface area contributed by atoms with Crippen molar-refractivity contribution in [3.05, 3.63) is 84.4 Å². The van der Waals surface area contributed by atoms with Crippen LogP contribution in [0.4, 0.5) is 5.82 Å². The smallest absolute Gasteiger partial charge is 0.339 e. The third kappa shape index (κ3) is 4.24. The number of fused-ring (bicyclic) bond motifs is 1. The third-order valence-electron chi connectivity index (χ3n) is 5.99. The molecule has 1 aliphatic rings. The number of hydrogen-bond acceptors (Lipinski definition) is 10. The molecular formula is C26H21N5O6. The molecule has 1 saturated heterocycles. The van der Waals surface area contributed by atoms with E-state index in [1.54, 1.807) is 48.5 Å². The van der Waals surface area contributed by atoms with Crippen LogP contribution in [0, 0.1) is 12.3 Å². The molecule has 3 heterocycles. The number of anilines is 1. The molecule has 186 valence electrons. The van der Waals surface area contributed by atoms with Gasteiger partial charge in [0.05, 0.1) is 17.5 Å². The molecule has 4 atom stereocenters. The molecular weight excluding hydrogens is 478 g/mol. The number of nitrogen functional groups attached to an aromatic ring is 1. The topological polar surface area (TPSA) is 152 Å². The largest absolute Gasteiger partial charge is 0.459 e. The molecule has 11 nitrogen and oxygen atoms in total. The molecule has 0 bridgehead atoms. The van der Waals surface area contributed by atoms with Crippen LogP contribution in [0.15, 0.2) is 73.3 Å². The van der Waals surface area contributed by atoms with E-state index in [9.17, 15) is 14.7 Å². The van der Waals surface area contributed by atoms with Gasteiger partial charge in [0.15, 0.2) is 23.8 Å². The number of ether oxygens (including phenoxy) is 3. The second-order valence-electron chi connectivity index (χ2n) is 8.18. The summed E-state index contributed by atoms with van der Waals surface area (Å²) in [5, 5.41) is 11.5. The molecule has 3 N–H and O–H groups in total. The molecule has 0 aliphatic carbocycles. The zero-order valence-corrected chi connectivity index (χ0v) is 19.2. The predicted octanol–water partition coefficient (Wildman–Crippen LogP) is 1.75. The molecule has 0 radical (unpaired) electrons. The maximum Gasteiger partial charge on any atom is 0.339 e. The Morgan fingerprint density at radius 1 is 1.11 bits per heavy atom. The molecule has 0 saturated carbocycles. The summed E-state index contributed by atoms with van der Waals surface area (Å²) < 4.78 is 26.3. The number of carbonyl (C=O) groups excluding carboxylic acids is 2. The van der Waals surface area contributed by atoms with Gasteiger partial charge in [-0.2, -0.15) is 0 Å². The number of rotatable bonds is 6. The first kappa shape index (κ1) is 22.7. The van der Waals surface area contributed by atoms with Gasteiger partial charge in [-0.15, -0.1) is 6.40 Å². The Kier molecular flexibility index (Phi) is 5.94. The summed E-state index contributed by atoms with van der Waals surface area (Å²) >= 11 is 0. The second-order valence-corrected chi connectivity index (χ2v) is 8.18. The normalized spacial score (nSPS) is 23.1. The fourth-order valence-corrected chi connectivity index (χ4v) is 4.08. The minimum absolute atomic E-state index is 0.113. The van der Waals surface area contributed by atoms with Crippen LogP contribution in [0.25, 0.3) is 11.2 Å². The van der Waals surface area contributed by atoms with Gasteiger partial charge in [-0.25, -0.2) is 24.5 Å². The lowest BCUT2D eigenvalue weighted by Gasteiger charge is -2.30. The molecule has 2 aromatic heterocycles. The van der Waals surface area contributed by atoms with Crippen molar-refractivity contribution in [1.82, 2.24) is 19.5 Å². The second kappa shape index (κ2) is 9.69. The van der Waals surface area contributed by atoms with Crippen molar-refractivity contribution in [2.75, 3.05) is 12.3 Å². The number of hydrogen-bond donors (Lipinski definition) is 2. The lowest BCUT2D eigenvalue weighted by Crippen LogP contribution is -2.52. The number of esters is 2. The number of terminal acetylenes is 1. The number of aromatic nitrogens is 4. The molecule has 11 heteroatoms. The highest BCUT2D eigenvalue weighted by Gasteiger charge is 2.60. The Labute approximate surface area is 212 Å². The van der Waals surface area contributed by atoms with E-state index in [-0.39, 0.29) is 28.1 Å². The van der Waals surface area contributed by atoms with Gasteiger partial charge >= 0.3 is 11.9 Å². The summed E-state index contributed by atoms with van der Waals surface area (Å²) in [6.07, 6.45) is 0.333. The summed E-state index contributed by atoms with van der Waals surface area (Å²) in [4.78, 5) is 38.0. The minimum atomic E-state index is -2.09. The van der Waals surface area contributed by atoms with Crippen molar-refractivity contribution in [2.24, 2.45) is 0 Å². The molecule has 5 rings (SSSR count). The van der Waals surface area contributed by atoms with Crippen molar-refractivity contribution < 1.29 is 30.3 Å². The van der Waals surface area contributed by atoms with Crippen molar-refractivity contribution in [2.45, 2.75) is 24.0 Å². The molecule has 0 amide bonds. The van der Waals surface area contributed by atoms with Crippen molar-refractivity contribution in [1.29, 1.82) is 0 Å². The SMILES string of the molecule is [2H]C#C[C@@]1(OC(=O)c2ccccc2)[C@@H](COC(=O)c2ccccc2)OC(n2cnc3c(N)ncnc32)[C@@H]1O. The predicted molar refractivity (Wildman–Crippen MR) is 130 cm³/mol. The first-order valence-corrected chi connectivity index (χ1v) is 11.2. The van der Waals surface area contributed by atoms with Crippen LogP contribution in [-0.2, 0) is 14.2 Å². The van der Waals surface area contributed by atoms with Crippen molar-refractivity contribution in [3.63, 3.8) is 0 Å². The van der Waals surface area contributed by atoms with Gasteiger partial charge in [0.25, 0.3) is 0 Å². The average Bonchev–Trinajstić information content (AvgIpc) is 3.48. The Hall–Kier alpha value is -4.79. The average molecular weight is 500 g/mol. The minimum Gasteiger partial charge on any atom is -0.459 e. The maximum absolute atomic E-state index is 13.1. The summed E-state index contributed by atoms with van der Waals surface area (Å²) in [6, 6.07) is 16.3. The van der Waals surface area contributed by atoms with Crippen LogP contribution in [0.2, 0.25) is 0 Å². The highest BCUT2D eigenvalue weighted by atomic mass is 16.6. The van der Waals surface area contributed by atoms with Gasteiger partial charge in [0.1, 0.15) is 25.9 Å². The molecule has 0 spiro atoms. The Balaban J connectivity index is 1.52. The van der Waals surface area contributed by atoms with Gasteiger partial charge in [-0.1, -0.05) is 42.3 Å². The van der Waals surface area contributed by atoms with E-state index in [1.807, 2.05) is 6.40 Å². The zero-order valence-electron chi connectivity index (χ0n) is 20.2. The van der Waals surface area contributed by atoms with Gasteiger partial charge in [-0.05, 0) is 24.3 Å².